The topological polar surface area (TPSA) is 72.8 Å². The third-order valence-electron chi connectivity index (χ3n) is 6.33. The molecule has 8 heteroatoms. The number of H-pyrrole nitrogens is 1. The minimum absolute atomic E-state index is 0.00418. The summed E-state index contributed by atoms with van der Waals surface area (Å²) in [5.41, 5.74) is 3.17. The normalized spacial score (nSPS) is 11.9. The van der Waals surface area contributed by atoms with Crippen LogP contribution in [0.15, 0.2) is 121 Å². The van der Waals surface area contributed by atoms with E-state index in [4.69, 9.17) is 4.74 Å². The van der Waals surface area contributed by atoms with Gasteiger partial charge in [0.2, 0.25) is 0 Å². The summed E-state index contributed by atoms with van der Waals surface area (Å²) in [6, 6.07) is 33.2. The van der Waals surface area contributed by atoms with E-state index in [1.54, 1.807) is 24.4 Å². The molecule has 6 rings (SSSR count). The fraction of sp³-hybridized carbons (Fsp3) is 0.0645. The molecule has 1 unspecified atom stereocenters. The van der Waals surface area contributed by atoms with E-state index in [2.05, 4.69) is 15.2 Å². The lowest BCUT2D eigenvalue weighted by atomic mass is 10.0. The second-order valence-corrected chi connectivity index (χ2v) is 9.88. The monoisotopic (exact) mass is 534 g/mol. The van der Waals surface area contributed by atoms with Crippen LogP contribution in [0.1, 0.15) is 27.0 Å². The average molecular weight is 535 g/mol. The molecule has 0 saturated heterocycles. The zero-order chi connectivity index (χ0) is 26.6. The van der Waals surface area contributed by atoms with Gasteiger partial charge in [0.15, 0.2) is 28.3 Å². The molecule has 6 nitrogen and oxygen atoms in total. The van der Waals surface area contributed by atoms with Crippen molar-refractivity contribution in [2.75, 3.05) is 0 Å². The number of benzene rings is 4. The van der Waals surface area contributed by atoms with Gasteiger partial charge in [-0.2, -0.15) is 0 Å². The lowest BCUT2D eigenvalue weighted by Crippen LogP contribution is -2.12. The lowest BCUT2D eigenvalue weighted by molar-refractivity contribution is 0.0991. The van der Waals surface area contributed by atoms with Gasteiger partial charge in [0, 0.05) is 28.4 Å². The van der Waals surface area contributed by atoms with Crippen LogP contribution in [0.5, 0.6) is 5.75 Å². The molecule has 0 aliphatic heterocycles. The first kappa shape index (κ1) is 24.6. The van der Waals surface area contributed by atoms with E-state index < -0.39 is 11.1 Å². The standard InChI is InChI=1S/C31H23FN4O2S/c32-25-16-8-10-18-27(25)38-20-28-34-35-31(36(28)22-13-5-2-6-14-22)39-30(21-11-3-1-4-12-21)29(37)24-19-33-26-17-9-7-15-23(24)26/h1-19,30,33H,20H2. The molecule has 0 aliphatic carbocycles. The number of nitrogens with one attached hydrogen (secondary N) is 1. The molecule has 0 bridgehead atoms. The van der Waals surface area contributed by atoms with Crippen LogP contribution in [0.2, 0.25) is 0 Å². The van der Waals surface area contributed by atoms with Crippen LogP contribution in [-0.2, 0) is 6.61 Å². The Labute approximate surface area is 228 Å². The van der Waals surface area contributed by atoms with Crippen molar-refractivity contribution in [1.29, 1.82) is 0 Å². The maximum absolute atomic E-state index is 14.2. The van der Waals surface area contributed by atoms with Gasteiger partial charge in [-0.25, -0.2) is 4.39 Å². The van der Waals surface area contributed by atoms with E-state index in [1.807, 2.05) is 89.5 Å². The van der Waals surface area contributed by atoms with E-state index in [0.29, 0.717) is 16.5 Å². The van der Waals surface area contributed by atoms with Crippen molar-refractivity contribution in [3.8, 4) is 11.4 Å². The van der Waals surface area contributed by atoms with E-state index >= 15 is 0 Å². The third kappa shape index (κ3) is 5.06. The molecule has 0 amide bonds. The highest BCUT2D eigenvalue weighted by atomic mass is 32.2. The zero-order valence-corrected chi connectivity index (χ0v) is 21.5. The summed E-state index contributed by atoms with van der Waals surface area (Å²) >= 11 is 1.32. The summed E-state index contributed by atoms with van der Waals surface area (Å²) < 4.78 is 21.8. The Kier molecular flexibility index (Phi) is 6.93. The van der Waals surface area contributed by atoms with Gasteiger partial charge < -0.3 is 9.72 Å². The fourth-order valence-electron chi connectivity index (χ4n) is 4.43. The van der Waals surface area contributed by atoms with Gasteiger partial charge in [-0.15, -0.1) is 10.2 Å². The number of ketones is 1. The van der Waals surface area contributed by atoms with Gasteiger partial charge in [0.25, 0.3) is 0 Å². The number of para-hydroxylation sites is 3. The molecule has 6 aromatic rings. The second-order valence-electron chi connectivity index (χ2n) is 8.81. The van der Waals surface area contributed by atoms with Gasteiger partial charge in [-0.3, -0.25) is 9.36 Å². The summed E-state index contributed by atoms with van der Waals surface area (Å²) in [4.78, 5) is 17.3. The molecule has 39 heavy (non-hydrogen) atoms. The van der Waals surface area contributed by atoms with Crippen molar-refractivity contribution in [2.45, 2.75) is 17.0 Å². The Hall–Kier alpha value is -4.69. The van der Waals surface area contributed by atoms with Crippen molar-refractivity contribution in [3.63, 3.8) is 0 Å². The molecule has 0 radical (unpaired) electrons. The first-order valence-corrected chi connectivity index (χ1v) is 13.3. The Balaban J connectivity index is 1.39. The second kappa shape index (κ2) is 11.0. The smallest absolute Gasteiger partial charge is 0.196 e. The van der Waals surface area contributed by atoms with Gasteiger partial charge >= 0.3 is 0 Å². The SMILES string of the molecule is O=C(c1c[nH]c2ccccc12)C(Sc1nnc(COc2ccccc2F)n1-c1ccccc1)c1ccccc1. The number of aromatic amines is 1. The molecule has 0 fully saturated rings. The molecular formula is C31H23FN4O2S. The minimum Gasteiger partial charge on any atom is -0.483 e. The van der Waals surface area contributed by atoms with Crippen molar-refractivity contribution in [1.82, 2.24) is 19.7 Å². The van der Waals surface area contributed by atoms with Crippen LogP contribution in [0.25, 0.3) is 16.6 Å². The van der Waals surface area contributed by atoms with Crippen LogP contribution in [0.3, 0.4) is 0 Å². The number of nitrogens with zero attached hydrogens (tertiary/aromatic N) is 3. The molecular weight excluding hydrogens is 511 g/mol. The molecule has 0 spiro atoms. The number of fused-ring (bicyclic) bond motifs is 1. The third-order valence-corrected chi connectivity index (χ3v) is 7.52. The van der Waals surface area contributed by atoms with Gasteiger partial charge in [0.1, 0.15) is 11.9 Å². The molecule has 192 valence electrons. The summed E-state index contributed by atoms with van der Waals surface area (Å²) in [5.74, 6) is 0.117. The number of halogens is 1. The van der Waals surface area contributed by atoms with E-state index in [-0.39, 0.29) is 18.1 Å². The molecule has 2 heterocycles. The van der Waals surface area contributed by atoms with Gasteiger partial charge in [-0.05, 0) is 35.9 Å². The maximum atomic E-state index is 14.2. The molecule has 0 saturated carbocycles. The summed E-state index contributed by atoms with van der Waals surface area (Å²) in [6.45, 7) is -0.00418. The van der Waals surface area contributed by atoms with Crippen molar-refractivity contribution in [3.05, 3.63) is 138 Å². The number of carbonyl (C=O) groups excluding carboxylic acids is 1. The number of Topliss-reactive ketones (excluding diaryl/α,β-unsaturated/α-hetero) is 1. The van der Waals surface area contributed by atoms with Crippen molar-refractivity contribution < 1.29 is 13.9 Å². The number of aromatic nitrogens is 4. The predicted molar refractivity (Wildman–Crippen MR) is 150 cm³/mol. The average Bonchev–Trinajstić information content (AvgIpc) is 3.60. The number of ether oxygens (including phenoxy) is 1. The van der Waals surface area contributed by atoms with Crippen LogP contribution in [0.4, 0.5) is 4.39 Å². The van der Waals surface area contributed by atoms with E-state index in [9.17, 15) is 9.18 Å². The first-order chi connectivity index (χ1) is 19.2. The van der Waals surface area contributed by atoms with Crippen LogP contribution in [-0.4, -0.2) is 25.5 Å². The molecule has 1 atom stereocenters. The highest BCUT2D eigenvalue weighted by Crippen LogP contribution is 2.39. The predicted octanol–water partition coefficient (Wildman–Crippen LogP) is 7.18. The Bertz CT molecular complexity index is 1730. The van der Waals surface area contributed by atoms with E-state index in [1.165, 1.54) is 17.8 Å². The Morgan fingerprint density at radius 1 is 0.872 bits per heavy atom. The number of hydrogen-bond donors (Lipinski definition) is 1. The number of hydrogen-bond acceptors (Lipinski definition) is 5. The highest BCUT2D eigenvalue weighted by Gasteiger charge is 2.29. The van der Waals surface area contributed by atoms with Crippen LogP contribution >= 0.6 is 11.8 Å². The summed E-state index contributed by atoms with van der Waals surface area (Å²) in [7, 11) is 0. The summed E-state index contributed by atoms with van der Waals surface area (Å²) in [5, 5.41) is 9.65. The molecule has 0 aliphatic rings. The maximum Gasteiger partial charge on any atom is 0.196 e. The van der Waals surface area contributed by atoms with Gasteiger partial charge in [0.05, 0.1) is 0 Å². The van der Waals surface area contributed by atoms with Crippen molar-refractivity contribution >= 4 is 28.4 Å². The van der Waals surface area contributed by atoms with E-state index in [0.717, 1.165) is 22.2 Å². The summed E-state index contributed by atoms with van der Waals surface area (Å²) in [6.07, 6.45) is 1.76. The molecule has 4 aromatic carbocycles. The lowest BCUT2D eigenvalue weighted by Gasteiger charge is -2.17. The van der Waals surface area contributed by atoms with Crippen molar-refractivity contribution in [2.24, 2.45) is 0 Å². The minimum atomic E-state index is -0.586. The Morgan fingerprint density at radius 2 is 1.56 bits per heavy atom. The first-order valence-electron chi connectivity index (χ1n) is 12.4. The van der Waals surface area contributed by atoms with Crippen LogP contribution in [0, 0.1) is 5.82 Å². The number of carbonyl (C=O) groups is 1. The molecule has 1 N–H and O–H groups in total. The largest absolute Gasteiger partial charge is 0.483 e. The quantitative estimate of drug-likeness (QED) is 0.157. The molecule has 2 aromatic heterocycles. The van der Waals surface area contributed by atoms with Gasteiger partial charge in [-0.1, -0.05) is 90.6 Å². The highest BCUT2D eigenvalue weighted by molar-refractivity contribution is 8.00. The van der Waals surface area contributed by atoms with Crippen LogP contribution < -0.4 is 4.74 Å². The zero-order valence-electron chi connectivity index (χ0n) is 20.7. The number of thioether (sulfide) groups is 1. The fourth-order valence-corrected chi connectivity index (χ4v) is 5.58. The number of rotatable bonds is 9. The Morgan fingerprint density at radius 3 is 2.36 bits per heavy atom.